The zero-order valence-electron chi connectivity index (χ0n) is 12.7. The molecule has 1 unspecified atom stereocenters. The van der Waals surface area contributed by atoms with E-state index in [-0.39, 0.29) is 12.5 Å². The second-order valence-electron chi connectivity index (χ2n) is 4.95. The van der Waals surface area contributed by atoms with Crippen LogP contribution in [-0.4, -0.2) is 25.7 Å². The van der Waals surface area contributed by atoms with Crippen molar-refractivity contribution in [3.05, 3.63) is 24.3 Å². The number of methoxy groups -OCH3 is 1. The Morgan fingerprint density at radius 3 is 2.40 bits per heavy atom. The van der Waals surface area contributed by atoms with Gasteiger partial charge in [0.15, 0.2) is 0 Å². The topological polar surface area (TPSA) is 50.4 Å². The molecular formula is C16H26N2O2. The first-order chi connectivity index (χ1) is 9.69. The van der Waals surface area contributed by atoms with E-state index in [9.17, 15) is 4.79 Å². The van der Waals surface area contributed by atoms with Crippen molar-refractivity contribution in [2.75, 3.05) is 24.4 Å². The maximum absolute atomic E-state index is 11.4. The molecule has 0 aliphatic heterocycles. The summed E-state index contributed by atoms with van der Waals surface area (Å²) in [6.45, 7) is 4.49. The molecule has 0 radical (unpaired) electrons. The van der Waals surface area contributed by atoms with E-state index in [0.717, 1.165) is 17.8 Å². The van der Waals surface area contributed by atoms with Crippen molar-refractivity contribution >= 4 is 17.3 Å². The summed E-state index contributed by atoms with van der Waals surface area (Å²) in [7, 11) is 1.51. The second kappa shape index (κ2) is 9.37. The predicted octanol–water partition coefficient (Wildman–Crippen LogP) is 3.65. The fourth-order valence-corrected chi connectivity index (χ4v) is 2.04. The van der Waals surface area contributed by atoms with E-state index < -0.39 is 0 Å². The van der Waals surface area contributed by atoms with E-state index in [1.165, 1.54) is 26.4 Å². The Morgan fingerprint density at radius 2 is 1.85 bits per heavy atom. The molecule has 112 valence electrons. The minimum Gasteiger partial charge on any atom is -0.382 e. The van der Waals surface area contributed by atoms with E-state index in [2.05, 4.69) is 24.5 Å². The van der Waals surface area contributed by atoms with Gasteiger partial charge in [0.2, 0.25) is 5.91 Å². The van der Waals surface area contributed by atoms with E-state index in [1.54, 1.807) is 0 Å². The van der Waals surface area contributed by atoms with Crippen LogP contribution in [0.1, 0.15) is 39.5 Å². The lowest BCUT2D eigenvalue weighted by Crippen LogP contribution is -2.18. The zero-order valence-corrected chi connectivity index (χ0v) is 12.7. The fraction of sp³-hybridized carbons (Fsp3) is 0.562. The molecule has 0 bridgehead atoms. The molecule has 1 amide bonds. The van der Waals surface area contributed by atoms with Gasteiger partial charge in [0, 0.05) is 24.5 Å². The van der Waals surface area contributed by atoms with Gasteiger partial charge in [-0.2, -0.15) is 0 Å². The number of anilines is 2. The molecule has 1 atom stereocenters. The lowest BCUT2D eigenvalue weighted by Gasteiger charge is -2.18. The first-order valence-corrected chi connectivity index (χ1v) is 7.35. The fourth-order valence-electron chi connectivity index (χ4n) is 2.04. The van der Waals surface area contributed by atoms with Gasteiger partial charge in [-0.3, -0.25) is 4.79 Å². The van der Waals surface area contributed by atoms with Crippen molar-refractivity contribution in [3.63, 3.8) is 0 Å². The smallest absolute Gasteiger partial charge is 0.250 e. The van der Waals surface area contributed by atoms with Crippen LogP contribution in [0.2, 0.25) is 0 Å². The van der Waals surface area contributed by atoms with Crippen LogP contribution in [0.4, 0.5) is 11.4 Å². The number of unbranched alkanes of at least 4 members (excludes halogenated alkanes) is 1. The van der Waals surface area contributed by atoms with Gasteiger partial charge in [0.25, 0.3) is 0 Å². The van der Waals surface area contributed by atoms with E-state index in [1.807, 2.05) is 24.3 Å². The van der Waals surface area contributed by atoms with Crippen molar-refractivity contribution in [2.45, 2.75) is 45.6 Å². The molecule has 0 saturated carbocycles. The number of amides is 1. The number of carbonyl (C=O) groups excluding carboxylic acids is 1. The van der Waals surface area contributed by atoms with Gasteiger partial charge >= 0.3 is 0 Å². The van der Waals surface area contributed by atoms with Crippen LogP contribution in [-0.2, 0) is 9.53 Å². The SMILES string of the molecule is CCCCC(CC)Nc1ccc(NC(=O)COC)cc1. The van der Waals surface area contributed by atoms with E-state index >= 15 is 0 Å². The molecule has 4 heteroatoms. The van der Waals surface area contributed by atoms with Crippen molar-refractivity contribution in [2.24, 2.45) is 0 Å². The van der Waals surface area contributed by atoms with Crippen molar-refractivity contribution in [3.8, 4) is 0 Å². The highest BCUT2D eigenvalue weighted by atomic mass is 16.5. The summed E-state index contributed by atoms with van der Waals surface area (Å²) in [4.78, 5) is 11.4. The number of nitrogens with one attached hydrogen (secondary N) is 2. The highest BCUT2D eigenvalue weighted by molar-refractivity contribution is 5.91. The Balaban J connectivity index is 2.50. The molecule has 4 nitrogen and oxygen atoms in total. The molecule has 0 saturated heterocycles. The van der Waals surface area contributed by atoms with Crippen molar-refractivity contribution in [1.29, 1.82) is 0 Å². The maximum Gasteiger partial charge on any atom is 0.250 e. The Kier molecular flexibility index (Phi) is 7.73. The molecule has 1 rings (SSSR count). The van der Waals surface area contributed by atoms with Crippen molar-refractivity contribution < 1.29 is 9.53 Å². The van der Waals surface area contributed by atoms with Gasteiger partial charge in [-0.15, -0.1) is 0 Å². The monoisotopic (exact) mass is 278 g/mol. The summed E-state index contributed by atoms with van der Waals surface area (Å²) in [6.07, 6.45) is 4.78. The third kappa shape index (κ3) is 6.06. The normalized spacial score (nSPS) is 11.9. The zero-order chi connectivity index (χ0) is 14.8. The molecule has 0 heterocycles. The molecule has 0 aromatic heterocycles. The molecule has 0 fully saturated rings. The van der Waals surface area contributed by atoms with Crippen LogP contribution in [0, 0.1) is 0 Å². The van der Waals surface area contributed by atoms with Gasteiger partial charge in [-0.1, -0.05) is 26.7 Å². The molecule has 2 N–H and O–H groups in total. The molecule has 1 aromatic carbocycles. The van der Waals surface area contributed by atoms with Gasteiger partial charge in [-0.05, 0) is 37.1 Å². The summed E-state index contributed by atoms with van der Waals surface area (Å²) in [5.74, 6) is -0.136. The Hall–Kier alpha value is -1.55. The van der Waals surface area contributed by atoms with Gasteiger partial charge in [0.05, 0.1) is 0 Å². The van der Waals surface area contributed by atoms with Crippen LogP contribution in [0.5, 0.6) is 0 Å². The minimum absolute atomic E-state index is 0.0783. The highest BCUT2D eigenvalue weighted by Crippen LogP contribution is 2.17. The van der Waals surface area contributed by atoms with Crippen LogP contribution in [0.25, 0.3) is 0 Å². The number of rotatable bonds is 9. The second-order valence-corrected chi connectivity index (χ2v) is 4.95. The largest absolute Gasteiger partial charge is 0.382 e. The number of carbonyl (C=O) groups is 1. The van der Waals surface area contributed by atoms with Gasteiger partial charge < -0.3 is 15.4 Å². The number of ether oxygens (including phenoxy) is 1. The number of benzene rings is 1. The van der Waals surface area contributed by atoms with E-state index in [4.69, 9.17) is 4.74 Å². The molecule has 1 aromatic rings. The summed E-state index contributed by atoms with van der Waals surface area (Å²) < 4.78 is 4.78. The molecule has 0 aliphatic carbocycles. The van der Waals surface area contributed by atoms with Crippen LogP contribution < -0.4 is 10.6 Å². The standard InChI is InChI=1S/C16H26N2O2/c1-4-6-7-13(5-2)17-14-8-10-15(11-9-14)18-16(19)12-20-3/h8-11,13,17H,4-7,12H2,1-3H3,(H,18,19). The van der Waals surface area contributed by atoms with Gasteiger partial charge in [0.1, 0.15) is 6.61 Å². The van der Waals surface area contributed by atoms with Gasteiger partial charge in [-0.25, -0.2) is 0 Å². The molecule has 20 heavy (non-hydrogen) atoms. The third-order valence-corrected chi connectivity index (χ3v) is 3.21. The average molecular weight is 278 g/mol. The number of hydrogen-bond acceptors (Lipinski definition) is 3. The Bertz CT molecular complexity index is 390. The maximum atomic E-state index is 11.4. The minimum atomic E-state index is -0.136. The average Bonchev–Trinajstić information content (AvgIpc) is 2.45. The third-order valence-electron chi connectivity index (χ3n) is 3.21. The number of hydrogen-bond donors (Lipinski definition) is 2. The van der Waals surface area contributed by atoms with E-state index in [0.29, 0.717) is 6.04 Å². The molecule has 0 aliphatic rings. The first kappa shape index (κ1) is 16.5. The molecular weight excluding hydrogens is 252 g/mol. The van der Waals surface area contributed by atoms with Crippen LogP contribution in [0.3, 0.4) is 0 Å². The van der Waals surface area contributed by atoms with Crippen molar-refractivity contribution in [1.82, 2.24) is 0 Å². The predicted molar refractivity (Wildman–Crippen MR) is 84.2 cm³/mol. The lowest BCUT2D eigenvalue weighted by molar-refractivity contribution is -0.119. The first-order valence-electron chi connectivity index (χ1n) is 7.35. The highest BCUT2D eigenvalue weighted by Gasteiger charge is 2.06. The van der Waals surface area contributed by atoms with Crippen LogP contribution >= 0.6 is 0 Å². The Morgan fingerprint density at radius 1 is 1.20 bits per heavy atom. The van der Waals surface area contributed by atoms with Crippen LogP contribution in [0.15, 0.2) is 24.3 Å². The Labute approximate surface area is 121 Å². The quantitative estimate of drug-likeness (QED) is 0.725. The lowest BCUT2D eigenvalue weighted by atomic mass is 10.1. The summed E-state index contributed by atoms with van der Waals surface area (Å²) in [6, 6.07) is 8.32. The summed E-state index contributed by atoms with van der Waals surface area (Å²) in [5, 5.41) is 6.31. The summed E-state index contributed by atoms with van der Waals surface area (Å²) in [5.41, 5.74) is 1.89. The molecule has 0 spiro atoms. The summed E-state index contributed by atoms with van der Waals surface area (Å²) >= 11 is 0.